The van der Waals surface area contributed by atoms with E-state index in [1.54, 1.807) is 7.05 Å². The standard InChI is InChI=1S/C7H8N4O/c1-11(3-2-8)7(12)6-4-9-10-5-6/h4-5H,3H2,1H3,(H,9,10). The van der Waals surface area contributed by atoms with E-state index in [0.717, 1.165) is 0 Å². The highest BCUT2D eigenvalue weighted by molar-refractivity contribution is 5.93. The maximum absolute atomic E-state index is 11.3. The summed E-state index contributed by atoms with van der Waals surface area (Å²) in [6.45, 7) is 0.0873. The molecule has 0 aromatic carbocycles. The van der Waals surface area contributed by atoms with Gasteiger partial charge in [0.05, 0.1) is 17.8 Å². The first kappa shape index (κ1) is 8.27. The summed E-state index contributed by atoms with van der Waals surface area (Å²) in [6.07, 6.45) is 2.92. The molecule has 0 unspecified atom stereocenters. The van der Waals surface area contributed by atoms with Crippen LogP contribution in [0.5, 0.6) is 0 Å². The molecule has 0 fully saturated rings. The summed E-state index contributed by atoms with van der Waals surface area (Å²) in [6, 6.07) is 1.88. The minimum Gasteiger partial charge on any atom is -0.328 e. The largest absolute Gasteiger partial charge is 0.328 e. The van der Waals surface area contributed by atoms with Gasteiger partial charge in [-0.1, -0.05) is 0 Å². The molecule has 0 saturated heterocycles. The maximum Gasteiger partial charge on any atom is 0.257 e. The number of aromatic amines is 1. The summed E-state index contributed by atoms with van der Waals surface area (Å²) in [4.78, 5) is 12.6. The number of nitriles is 1. The van der Waals surface area contributed by atoms with Gasteiger partial charge in [0.2, 0.25) is 0 Å². The molecule has 5 nitrogen and oxygen atoms in total. The van der Waals surface area contributed by atoms with Crippen LogP contribution in [0.1, 0.15) is 10.4 Å². The van der Waals surface area contributed by atoms with Crippen LogP contribution in [0.25, 0.3) is 0 Å². The number of hydrogen-bond donors (Lipinski definition) is 1. The number of aromatic nitrogens is 2. The van der Waals surface area contributed by atoms with E-state index in [4.69, 9.17) is 5.26 Å². The van der Waals surface area contributed by atoms with Crippen molar-refractivity contribution in [3.05, 3.63) is 18.0 Å². The van der Waals surface area contributed by atoms with Crippen molar-refractivity contribution >= 4 is 5.91 Å². The molecular weight excluding hydrogens is 156 g/mol. The molecule has 1 N–H and O–H groups in total. The van der Waals surface area contributed by atoms with Crippen LogP contribution in [0.3, 0.4) is 0 Å². The van der Waals surface area contributed by atoms with Gasteiger partial charge in [0.15, 0.2) is 0 Å². The Morgan fingerprint density at radius 2 is 2.67 bits per heavy atom. The van der Waals surface area contributed by atoms with Gasteiger partial charge in [-0.15, -0.1) is 0 Å². The van der Waals surface area contributed by atoms with Gasteiger partial charge < -0.3 is 4.90 Å². The Hall–Kier alpha value is -1.83. The molecule has 0 aliphatic rings. The first-order valence-electron chi connectivity index (χ1n) is 3.37. The molecule has 5 heteroatoms. The van der Waals surface area contributed by atoms with Crippen LogP contribution in [0.2, 0.25) is 0 Å². The number of nitrogens with zero attached hydrogens (tertiary/aromatic N) is 3. The molecule has 0 bridgehead atoms. The smallest absolute Gasteiger partial charge is 0.257 e. The molecule has 0 aliphatic carbocycles. The topological polar surface area (TPSA) is 72.8 Å². The predicted octanol–water partition coefficient (Wildman–Crippen LogP) is 0.00528. The first-order chi connectivity index (χ1) is 5.75. The van der Waals surface area contributed by atoms with Crippen LogP contribution in [0, 0.1) is 11.3 Å². The Morgan fingerprint density at radius 1 is 1.92 bits per heavy atom. The van der Waals surface area contributed by atoms with Crippen LogP contribution in [-0.2, 0) is 0 Å². The Morgan fingerprint density at radius 3 is 3.17 bits per heavy atom. The molecule has 0 spiro atoms. The van der Waals surface area contributed by atoms with E-state index >= 15 is 0 Å². The summed E-state index contributed by atoms with van der Waals surface area (Å²) < 4.78 is 0. The van der Waals surface area contributed by atoms with Gasteiger partial charge in [-0.2, -0.15) is 10.4 Å². The highest BCUT2D eigenvalue weighted by Crippen LogP contribution is 1.98. The zero-order valence-corrected chi connectivity index (χ0v) is 6.61. The molecule has 1 aromatic rings. The van der Waals surface area contributed by atoms with Crippen LogP contribution >= 0.6 is 0 Å². The van der Waals surface area contributed by atoms with E-state index in [0.29, 0.717) is 5.56 Å². The molecule has 62 valence electrons. The highest BCUT2D eigenvalue weighted by atomic mass is 16.2. The van der Waals surface area contributed by atoms with Crippen LogP contribution in [0.15, 0.2) is 12.4 Å². The summed E-state index contributed by atoms with van der Waals surface area (Å²) in [5, 5.41) is 14.5. The van der Waals surface area contributed by atoms with E-state index in [9.17, 15) is 4.79 Å². The third-order valence-corrected chi connectivity index (χ3v) is 1.40. The number of carbonyl (C=O) groups excluding carboxylic acids is 1. The third kappa shape index (κ3) is 1.61. The van der Waals surface area contributed by atoms with E-state index in [1.807, 2.05) is 6.07 Å². The Kier molecular flexibility index (Phi) is 2.43. The minimum atomic E-state index is -0.203. The minimum absolute atomic E-state index is 0.0873. The lowest BCUT2D eigenvalue weighted by molar-refractivity contribution is 0.0812. The van der Waals surface area contributed by atoms with Crippen molar-refractivity contribution in [2.45, 2.75) is 0 Å². The molecule has 12 heavy (non-hydrogen) atoms. The Balaban J connectivity index is 2.67. The van der Waals surface area contributed by atoms with Gasteiger partial charge in [0.25, 0.3) is 5.91 Å². The molecule has 1 amide bonds. The number of carbonyl (C=O) groups is 1. The average molecular weight is 164 g/mol. The zero-order chi connectivity index (χ0) is 8.97. The molecule has 1 heterocycles. The first-order valence-corrected chi connectivity index (χ1v) is 3.37. The fraction of sp³-hybridized carbons (Fsp3) is 0.286. The number of H-pyrrole nitrogens is 1. The SMILES string of the molecule is CN(CC#N)C(=O)c1cn[nH]c1. The highest BCUT2D eigenvalue weighted by Gasteiger charge is 2.10. The molecule has 1 rings (SSSR count). The second kappa shape index (κ2) is 3.53. The second-order valence-corrected chi connectivity index (χ2v) is 2.31. The Labute approximate surface area is 69.6 Å². The van der Waals surface area contributed by atoms with Crippen molar-refractivity contribution in [2.75, 3.05) is 13.6 Å². The lowest BCUT2D eigenvalue weighted by Gasteiger charge is -2.10. The number of nitrogens with one attached hydrogen (secondary N) is 1. The lowest BCUT2D eigenvalue weighted by Crippen LogP contribution is -2.26. The van der Waals surface area contributed by atoms with E-state index in [1.165, 1.54) is 17.3 Å². The van der Waals surface area contributed by atoms with Crippen molar-refractivity contribution in [2.24, 2.45) is 0 Å². The summed E-state index contributed by atoms with van der Waals surface area (Å²) in [7, 11) is 1.57. The molecule has 0 radical (unpaired) electrons. The fourth-order valence-electron chi connectivity index (χ4n) is 0.766. The Bertz CT molecular complexity index is 298. The van der Waals surface area contributed by atoms with Gasteiger partial charge >= 0.3 is 0 Å². The zero-order valence-electron chi connectivity index (χ0n) is 6.61. The van der Waals surface area contributed by atoms with Crippen LogP contribution in [0.4, 0.5) is 0 Å². The van der Waals surface area contributed by atoms with Crippen molar-refractivity contribution in [3.8, 4) is 6.07 Å². The molecule has 0 atom stereocenters. The summed E-state index contributed by atoms with van der Waals surface area (Å²) in [5.41, 5.74) is 0.466. The molecule has 0 saturated carbocycles. The van der Waals surface area contributed by atoms with Crippen molar-refractivity contribution in [1.82, 2.24) is 15.1 Å². The third-order valence-electron chi connectivity index (χ3n) is 1.40. The molecule has 1 aromatic heterocycles. The van der Waals surface area contributed by atoms with Crippen molar-refractivity contribution in [3.63, 3.8) is 0 Å². The quantitative estimate of drug-likeness (QED) is 0.625. The van der Waals surface area contributed by atoms with E-state index < -0.39 is 0 Å². The summed E-state index contributed by atoms with van der Waals surface area (Å²) in [5.74, 6) is -0.203. The predicted molar refractivity (Wildman–Crippen MR) is 41.2 cm³/mol. The molecular formula is C7H8N4O. The molecule has 0 aliphatic heterocycles. The van der Waals surface area contributed by atoms with Gasteiger partial charge in [-0.25, -0.2) is 0 Å². The van der Waals surface area contributed by atoms with E-state index in [2.05, 4.69) is 10.2 Å². The summed E-state index contributed by atoms with van der Waals surface area (Å²) >= 11 is 0. The lowest BCUT2D eigenvalue weighted by atomic mass is 10.3. The number of rotatable bonds is 2. The normalized spacial score (nSPS) is 9.00. The number of hydrogen-bond acceptors (Lipinski definition) is 3. The van der Waals surface area contributed by atoms with Crippen LogP contribution in [-0.4, -0.2) is 34.6 Å². The number of amides is 1. The second-order valence-electron chi connectivity index (χ2n) is 2.31. The van der Waals surface area contributed by atoms with Crippen molar-refractivity contribution in [1.29, 1.82) is 5.26 Å². The monoisotopic (exact) mass is 164 g/mol. The van der Waals surface area contributed by atoms with Crippen LogP contribution < -0.4 is 0 Å². The average Bonchev–Trinajstić information content (AvgIpc) is 2.55. The fourth-order valence-corrected chi connectivity index (χ4v) is 0.766. The van der Waals surface area contributed by atoms with Gasteiger partial charge in [-0.3, -0.25) is 9.89 Å². The van der Waals surface area contributed by atoms with Gasteiger partial charge in [0, 0.05) is 13.2 Å². The van der Waals surface area contributed by atoms with E-state index in [-0.39, 0.29) is 12.5 Å². The van der Waals surface area contributed by atoms with Crippen molar-refractivity contribution < 1.29 is 4.79 Å². The van der Waals surface area contributed by atoms with Gasteiger partial charge in [0.1, 0.15) is 6.54 Å². The van der Waals surface area contributed by atoms with Gasteiger partial charge in [-0.05, 0) is 0 Å². The maximum atomic E-state index is 11.3.